The lowest BCUT2D eigenvalue weighted by molar-refractivity contribution is 0.979. The minimum atomic E-state index is 0.843. The van der Waals surface area contributed by atoms with Crippen LogP contribution in [0.25, 0.3) is 55.3 Å². The summed E-state index contributed by atoms with van der Waals surface area (Å²) in [6.07, 6.45) is 0. The molecule has 0 saturated carbocycles. The maximum absolute atomic E-state index is 5.17. The highest BCUT2D eigenvalue weighted by atomic mass is 79.9. The van der Waals surface area contributed by atoms with Crippen LogP contribution in [0.3, 0.4) is 0 Å². The highest BCUT2D eigenvalue weighted by Gasteiger charge is 2.19. The van der Waals surface area contributed by atoms with Gasteiger partial charge in [0.25, 0.3) is 0 Å². The van der Waals surface area contributed by atoms with Crippen LogP contribution < -0.4 is 0 Å². The maximum atomic E-state index is 5.17. The first-order chi connectivity index (χ1) is 15.3. The fourth-order valence-electron chi connectivity index (χ4n) is 4.64. The molecule has 31 heavy (non-hydrogen) atoms. The summed E-state index contributed by atoms with van der Waals surface area (Å²) in [5, 5.41) is 3.44. The van der Waals surface area contributed by atoms with Crippen LogP contribution in [0.15, 0.2) is 95.5 Å². The van der Waals surface area contributed by atoms with Gasteiger partial charge in [0.2, 0.25) is 5.95 Å². The highest BCUT2D eigenvalue weighted by molar-refractivity contribution is 9.10. The second-order valence-corrected chi connectivity index (χ2v) is 8.62. The zero-order valence-electron chi connectivity index (χ0n) is 16.3. The third kappa shape index (κ3) is 2.29. The summed E-state index contributed by atoms with van der Waals surface area (Å²) in [6.45, 7) is 0. The molecule has 7 aromatic rings. The smallest absolute Gasteiger partial charge is 0.221 e. The molecular formula is C26H15BrN4. The van der Waals surface area contributed by atoms with Crippen molar-refractivity contribution >= 4 is 65.3 Å². The lowest BCUT2D eigenvalue weighted by Crippen LogP contribution is -2.06. The first-order valence-electron chi connectivity index (χ1n) is 10.1. The molecule has 146 valence electrons. The maximum Gasteiger partial charge on any atom is 0.221 e. The normalized spacial score (nSPS) is 12.0. The van der Waals surface area contributed by atoms with E-state index in [1.54, 1.807) is 0 Å². The van der Waals surface area contributed by atoms with E-state index in [1.807, 2.05) is 18.2 Å². The Kier molecular flexibility index (Phi) is 3.38. The molecule has 0 radical (unpaired) electrons. The SMILES string of the molecule is Brc1ccc2c(c1)c1ccccc1n2-c1nc2ccccc2c2nc3ccccc3n12. The van der Waals surface area contributed by atoms with Gasteiger partial charge in [0.15, 0.2) is 0 Å². The first-order valence-corrected chi connectivity index (χ1v) is 10.9. The summed E-state index contributed by atoms with van der Waals surface area (Å²) in [6, 6.07) is 31.4. The Morgan fingerprint density at radius 1 is 0.581 bits per heavy atom. The highest BCUT2D eigenvalue weighted by Crippen LogP contribution is 2.35. The zero-order valence-corrected chi connectivity index (χ0v) is 17.9. The molecule has 5 heteroatoms. The molecule has 0 aliphatic carbocycles. The molecule has 3 aromatic heterocycles. The molecule has 0 atom stereocenters. The number of benzene rings is 4. The Bertz CT molecular complexity index is 1810. The van der Waals surface area contributed by atoms with Gasteiger partial charge in [-0.15, -0.1) is 0 Å². The molecule has 4 aromatic carbocycles. The van der Waals surface area contributed by atoms with Crippen LogP contribution in [0, 0.1) is 0 Å². The first kappa shape index (κ1) is 17.0. The fourth-order valence-corrected chi connectivity index (χ4v) is 5.00. The van der Waals surface area contributed by atoms with Gasteiger partial charge in [-0.1, -0.05) is 58.4 Å². The van der Waals surface area contributed by atoms with Crippen molar-refractivity contribution in [3.8, 4) is 5.95 Å². The van der Waals surface area contributed by atoms with Gasteiger partial charge in [0.1, 0.15) is 5.65 Å². The van der Waals surface area contributed by atoms with Gasteiger partial charge in [-0.25, -0.2) is 9.97 Å². The van der Waals surface area contributed by atoms with E-state index in [9.17, 15) is 0 Å². The molecule has 0 bridgehead atoms. The summed E-state index contributed by atoms with van der Waals surface area (Å²) >= 11 is 3.64. The largest absolute Gasteiger partial charge is 0.279 e. The van der Waals surface area contributed by atoms with Crippen LogP contribution in [-0.2, 0) is 0 Å². The number of para-hydroxylation sites is 4. The van der Waals surface area contributed by atoms with E-state index in [0.717, 1.165) is 49.0 Å². The quantitative estimate of drug-likeness (QED) is 0.266. The lowest BCUT2D eigenvalue weighted by atomic mass is 10.2. The Morgan fingerprint density at radius 2 is 1.26 bits per heavy atom. The van der Waals surface area contributed by atoms with Crippen LogP contribution >= 0.6 is 15.9 Å². The van der Waals surface area contributed by atoms with Gasteiger partial charge >= 0.3 is 0 Å². The number of rotatable bonds is 1. The molecule has 4 nitrogen and oxygen atoms in total. The van der Waals surface area contributed by atoms with Gasteiger partial charge in [-0.05, 0) is 48.5 Å². The van der Waals surface area contributed by atoms with E-state index in [1.165, 1.54) is 10.8 Å². The van der Waals surface area contributed by atoms with E-state index in [4.69, 9.17) is 9.97 Å². The van der Waals surface area contributed by atoms with Crippen molar-refractivity contribution in [2.75, 3.05) is 0 Å². The summed E-state index contributed by atoms with van der Waals surface area (Å²) in [5.74, 6) is 0.843. The van der Waals surface area contributed by atoms with Gasteiger partial charge in [0.05, 0.1) is 27.6 Å². The molecule has 0 saturated heterocycles. The lowest BCUT2D eigenvalue weighted by Gasteiger charge is -2.12. The summed E-state index contributed by atoms with van der Waals surface area (Å²) in [4.78, 5) is 10.2. The number of fused-ring (bicyclic) bond motifs is 8. The average Bonchev–Trinajstić information content (AvgIpc) is 3.35. The second-order valence-electron chi connectivity index (χ2n) is 7.70. The Labute approximate surface area is 185 Å². The Balaban J connectivity index is 1.77. The number of hydrogen-bond donors (Lipinski definition) is 0. The number of hydrogen-bond acceptors (Lipinski definition) is 2. The minimum Gasteiger partial charge on any atom is -0.279 e. The van der Waals surface area contributed by atoms with Crippen LogP contribution in [0.5, 0.6) is 0 Å². The molecule has 0 N–H and O–H groups in total. The monoisotopic (exact) mass is 462 g/mol. The summed E-state index contributed by atoms with van der Waals surface area (Å²) in [7, 11) is 0. The minimum absolute atomic E-state index is 0.843. The van der Waals surface area contributed by atoms with Crippen molar-refractivity contribution in [2.45, 2.75) is 0 Å². The molecule has 7 rings (SSSR count). The fraction of sp³-hybridized carbons (Fsp3) is 0. The average molecular weight is 463 g/mol. The van der Waals surface area contributed by atoms with Crippen LogP contribution in [0.4, 0.5) is 0 Å². The molecule has 0 amide bonds. The van der Waals surface area contributed by atoms with Crippen molar-refractivity contribution in [3.63, 3.8) is 0 Å². The van der Waals surface area contributed by atoms with E-state index < -0.39 is 0 Å². The molecule has 0 spiro atoms. The van der Waals surface area contributed by atoms with E-state index in [-0.39, 0.29) is 0 Å². The van der Waals surface area contributed by atoms with Gasteiger partial charge < -0.3 is 0 Å². The van der Waals surface area contributed by atoms with Crippen LogP contribution in [-0.4, -0.2) is 18.9 Å². The number of imidazole rings is 1. The van der Waals surface area contributed by atoms with E-state index in [0.29, 0.717) is 0 Å². The van der Waals surface area contributed by atoms with Crippen molar-refractivity contribution in [2.24, 2.45) is 0 Å². The molecule has 0 aliphatic heterocycles. The standard InChI is InChI=1S/C26H15BrN4/c27-16-13-14-23-19(15-16)17-7-2-5-11-22(17)30(23)26-29-20-9-3-1-8-18(20)25-28-21-10-4-6-12-24(21)31(25)26/h1-15H. The van der Waals surface area contributed by atoms with Crippen LogP contribution in [0.1, 0.15) is 0 Å². The molecule has 3 heterocycles. The number of halogens is 1. The Morgan fingerprint density at radius 3 is 2.13 bits per heavy atom. The van der Waals surface area contributed by atoms with Crippen molar-refractivity contribution in [3.05, 3.63) is 95.5 Å². The number of aromatic nitrogens is 4. The molecule has 0 aliphatic rings. The predicted octanol–water partition coefficient (Wildman–Crippen LogP) is 6.90. The van der Waals surface area contributed by atoms with Crippen LogP contribution in [0.2, 0.25) is 0 Å². The summed E-state index contributed by atoms with van der Waals surface area (Å²) < 4.78 is 5.50. The van der Waals surface area contributed by atoms with Gasteiger partial charge in [-0.3, -0.25) is 8.97 Å². The number of nitrogens with zero attached hydrogens (tertiary/aromatic N) is 4. The molecule has 0 unspecified atom stereocenters. The Hall–Kier alpha value is -3.70. The molecular weight excluding hydrogens is 448 g/mol. The van der Waals surface area contributed by atoms with Crippen molar-refractivity contribution in [1.82, 2.24) is 18.9 Å². The van der Waals surface area contributed by atoms with E-state index in [2.05, 4.69) is 97.7 Å². The predicted molar refractivity (Wildman–Crippen MR) is 130 cm³/mol. The van der Waals surface area contributed by atoms with Crippen molar-refractivity contribution < 1.29 is 0 Å². The topological polar surface area (TPSA) is 35.1 Å². The molecule has 0 fully saturated rings. The van der Waals surface area contributed by atoms with E-state index >= 15 is 0 Å². The van der Waals surface area contributed by atoms with Crippen molar-refractivity contribution in [1.29, 1.82) is 0 Å². The third-order valence-corrected chi connectivity index (χ3v) is 6.45. The third-order valence-electron chi connectivity index (χ3n) is 5.96. The summed E-state index contributed by atoms with van der Waals surface area (Å²) in [5.41, 5.74) is 6.11. The van der Waals surface area contributed by atoms with Gasteiger partial charge in [-0.2, -0.15) is 0 Å². The zero-order chi connectivity index (χ0) is 20.5. The van der Waals surface area contributed by atoms with Gasteiger partial charge in [0, 0.05) is 20.6 Å². The second kappa shape index (κ2) is 6.15.